The van der Waals surface area contributed by atoms with Crippen LogP contribution in [0.4, 0.5) is 5.69 Å². The molecule has 0 aliphatic carbocycles. The number of rotatable bonds is 2. The third kappa shape index (κ3) is 2.73. The Balaban J connectivity index is 2.17. The number of amides is 1. The fourth-order valence-corrected chi connectivity index (χ4v) is 2.36. The van der Waals surface area contributed by atoms with Gasteiger partial charge in [-0.2, -0.15) is 0 Å². The molecule has 1 fully saturated rings. The molecule has 0 radical (unpaired) electrons. The molecule has 5 heteroatoms. The van der Waals surface area contributed by atoms with Crippen molar-refractivity contribution in [3.8, 4) is 0 Å². The van der Waals surface area contributed by atoms with E-state index >= 15 is 0 Å². The fraction of sp³-hybridized carbons (Fsp3) is 0.417. The van der Waals surface area contributed by atoms with Gasteiger partial charge in [-0.25, -0.2) is 0 Å². The Morgan fingerprint density at radius 1 is 1.47 bits per heavy atom. The minimum Gasteiger partial charge on any atom is -0.322 e. The van der Waals surface area contributed by atoms with Gasteiger partial charge < -0.3 is 10.6 Å². The SMILES string of the molecule is Cc1ccc(Cl)c(NC(=O)[C@@H]2CCCN2)c1Cl. The van der Waals surface area contributed by atoms with Crippen molar-refractivity contribution in [2.75, 3.05) is 11.9 Å². The van der Waals surface area contributed by atoms with Gasteiger partial charge in [-0.15, -0.1) is 0 Å². The maximum Gasteiger partial charge on any atom is 0.241 e. The van der Waals surface area contributed by atoms with Gasteiger partial charge in [0.25, 0.3) is 0 Å². The zero-order valence-corrected chi connectivity index (χ0v) is 11.0. The van der Waals surface area contributed by atoms with Crippen LogP contribution < -0.4 is 10.6 Å². The van der Waals surface area contributed by atoms with Gasteiger partial charge in [-0.05, 0) is 37.9 Å². The molecule has 0 unspecified atom stereocenters. The van der Waals surface area contributed by atoms with E-state index in [-0.39, 0.29) is 11.9 Å². The summed E-state index contributed by atoms with van der Waals surface area (Å²) >= 11 is 12.2. The molecule has 0 aromatic heterocycles. The second kappa shape index (κ2) is 5.25. The predicted molar refractivity (Wildman–Crippen MR) is 70.9 cm³/mol. The summed E-state index contributed by atoms with van der Waals surface area (Å²) in [5, 5.41) is 6.90. The highest BCUT2D eigenvalue weighted by atomic mass is 35.5. The average molecular weight is 273 g/mol. The van der Waals surface area contributed by atoms with Crippen LogP contribution in [-0.2, 0) is 4.79 Å². The van der Waals surface area contributed by atoms with Crippen molar-refractivity contribution < 1.29 is 4.79 Å². The van der Waals surface area contributed by atoms with E-state index < -0.39 is 0 Å². The summed E-state index contributed by atoms with van der Waals surface area (Å²) in [6, 6.07) is 3.43. The van der Waals surface area contributed by atoms with Crippen LogP contribution >= 0.6 is 23.2 Å². The largest absolute Gasteiger partial charge is 0.322 e. The van der Waals surface area contributed by atoms with E-state index in [1.165, 1.54) is 0 Å². The zero-order chi connectivity index (χ0) is 12.4. The minimum atomic E-state index is -0.136. The molecule has 1 aliphatic heterocycles. The van der Waals surface area contributed by atoms with Crippen molar-refractivity contribution in [2.24, 2.45) is 0 Å². The number of carbonyl (C=O) groups is 1. The van der Waals surface area contributed by atoms with Crippen LogP contribution in [0.5, 0.6) is 0 Å². The smallest absolute Gasteiger partial charge is 0.241 e. The summed E-state index contributed by atoms with van der Waals surface area (Å²) in [6.07, 6.45) is 1.88. The van der Waals surface area contributed by atoms with Crippen molar-refractivity contribution in [2.45, 2.75) is 25.8 Å². The summed E-state index contributed by atoms with van der Waals surface area (Å²) in [7, 11) is 0. The molecule has 3 nitrogen and oxygen atoms in total. The van der Waals surface area contributed by atoms with Crippen LogP contribution in [-0.4, -0.2) is 18.5 Å². The van der Waals surface area contributed by atoms with E-state index in [4.69, 9.17) is 23.2 Å². The number of hydrogen-bond donors (Lipinski definition) is 2. The normalized spacial score (nSPS) is 19.4. The van der Waals surface area contributed by atoms with Crippen molar-refractivity contribution in [1.29, 1.82) is 0 Å². The Morgan fingerprint density at radius 3 is 2.88 bits per heavy atom. The first-order chi connectivity index (χ1) is 8.09. The van der Waals surface area contributed by atoms with Gasteiger partial charge in [0.2, 0.25) is 5.91 Å². The standard InChI is InChI=1S/C12H14Cl2N2O/c1-7-4-5-8(13)11(10(7)14)16-12(17)9-3-2-6-15-9/h4-5,9,15H,2-3,6H2,1H3,(H,16,17)/t9-/m0/s1. The molecular formula is C12H14Cl2N2O. The van der Waals surface area contributed by atoms with E-state index in [2.05, 4.69) is 10.6 Å². The molecule has 1 atom stereocenters. The van der Waals surface area contributed by atoms with Crippen molar-refractivity contribution in [3.05, 3.63) is 27.7 Å². The summed E-state index contributed by atoms with van der Waals surface area (Å²) < 4.78 is 0. The average Bonchev–Trinajstić information content (AvgIpc) is 2.83. The molecule has 0 spiro atoms. The van der Waals surface area contributed by atoms with Gasteiger partial charge in [0.15, 0.2) is 0 Å². The van der Waals surface area contributed by atoms with Crippen LogP contribution in [0.1, 0.15) is 18.4 Å². The molecule has 0 saturated carbocycles. The molecule has 92 valence electrons. The molecule has 1 heterocycles. The lowest BCUT2D eigenvalue weighted by atomic mass is 10.2. The fourth-order valence-electron chi connectivity index (χ4n) is 1.89. The van der Waals surface area contributed by atoms with E-state index in [1.807, 2.05) is 13.0 Å². The van der Waals surface area contributed by atoms with Crippen molar-refractivity contribution in [1.82, 2.24) is 5.32 Å². The summed E-state index contributed by atoms with van der Waals surface area (Å²) in [4.78, 5) is 11.9. The Hall–Kier alpha value is -0.770. The van der Waals surface area contributed by atoms with Gasteiger partial charge in [0, 0.05) is 0 Å². The quantitative estimate of drug-likeness (QED) is 0.869. The van der Waals surface area contributed by atoms with Gasteiger partial charge in [-0.3, -0.25) is 4.79 Å². The van der Waals surface area contributed by atoms with Gasteiger partial charge in [0.1, 0.15) is 0 Å². The molecule has 0 bridgehead atoms. The molecule has 1 saturated heterocycles. The summed E-state index contributed by atoms with van der Waals surface area (Å²) in [5.41, 5.74) is 1.40. The third-order valence-electron chi connectivity index (χ3n) is 2.91. The Bertz CT molecular complexity index is 442. The number of halogens is 2. The zero-order valence-electron chi connectivity index (χ0n) is 9.52. The lowest BCUT2D eigenvalue weighted by Crippen LogP contribution is -2.35. The number of carbonyl (C=O) groups excluding carboxylic acids is 1. The van der Waals surface area contributed by atoms with Gasteiger partial charge in [0.05, 0.1) is 21.8 Å². The summed E-state index contributed by atoms with van der Waals surface area (Å²) in [6.45, 7) is 2.76. The second-order valence-corrected chi connectivity index (χ2v) is 4.98. The van der Waals surface area contributed by atoms with Crippen LogP contribution in [0.2, 0.25) is 10.0 Å². The first-order valence-corrected chi connectivity index (χ1v) is 6.34. The Labute approximate surface area is 110 Å². The van der Waals surface area contributed by atoms with Crippen LogP contribution in [0.3, 0.4) is 0 Å². The monoisotopic (exact) mass is 272 g/mol. The number of hydrogen-bond acceptors (Lipinski definition) is 2. The highest BCUT2D eigenvalue weighted by Crippen LogP contribution is 2.33. The van der Waals surface area contributed by atoms with Crippen LogP contribution in [0.25, 0.3) is 0 Å². The highest BCUT2D eigenvalue weighted by molar-refractivity contribution is 6.40. The molecule has 2 N–H and O–H groups in total. The van der Waals surface area contributed by atoms with Crippen molar-refractivity contribution in [3.63, 3.8) is 0 Å². The topological polar surface area (TPSA) is 41.1 Å². The molecule has 1 amide bonds. The molecular weight excluding hydrogens is 259 g/mol. The van der Waals surface area contributed by atoms with Gasteiger partial charge in [-0.1, -0.05) is 29.3 Å². The van der Waals surface area contributed by atoms with E-state index in [9.17, 15) is 4.79 Å². The Morgan fingerprint density at radius 2 is 2.24 bits per heavy atom. The predicted octanol–water partition coefficient (Wildman–Crippen LogP) is 2.99. The molecule has 1 aliphatic rings. The number of nitrogens with one attached hydrogen (secondary N) is 2. The van der Waals surface area contributed by atoms with Crippen LogP contribution in [0, 0.1) is 6.92 Å². The number of benzene rings is 1. The lowest BCUT2D eigenvalue weighted by Gasteiger charge is -2.14. The van der Waals surface area contributed by atoms with E-state index in [1.54, 1.807) is 6.07 Å². The third-order valence-corrected chi connectivity index (χ3v) is 3.71. The maximum absolute atomic E-state index is 11.9. The second-order valence-electron chi connectivity index (χ2n) is 4.19. The highest BCUT2D eigenvalue weighted by Gasteiger charge is 2.23. The van der Waals surface area contributed by atoms with Crippen molar-refractivity contribution >= 4 is 34.8 Å². The molecule has 1 aromatic rings. The van der Waals surface area contributed by atoms with E-state index in [0.29, 0.717) is 15.7 Å². The number of aryl methyl sites for hydroxylation is 1. The minimum absolute atomic E-state index is 0.0723. The maximum atomic E-state index is 11.9. The van der Waals surface area contributed by atoms with Gasteiger partial charge >= 0.3 is 0 Å². The lowest BCUT2D eigenvalue weighted by molar-refractivity contribution is -0.117. The first-order valence-electron chi connectivity index (χ1n) is 5.58. The molecule has 17 heavy (non-hydrogen) atoms. The number of anilines is 1. The van der Waals surface area contributed by atoms with E-state index in [0.717, 1.165) is 24.9 Å². The molecule has 2 rings (SSSR count). The van der Waals surface area contributed by atoms with Crippen LogP contribution in [0.15, 0.2) is 12.1 Å². The first kappa shape index (κ1) is 12.7. The Kier molecular flexibility index (Phi) is 3.92. The summed E-state index contributed by atoms with van der Waals surface area (Å²) in [5.74, 6) is -0.0723. The molecule has 1 aromatic carbocycles.